The highest BCUT2D eigenvalue weighted by atomic mass is 79.9. The molecule has 0 radical (unpaired) electrons. The monoisotopic (exact) mass is 367 g/mol. The van der Waals surface area contributed by atoms with Gasteiger partial charge in [-0.1, -0.05) is 22.4 Å². The van der Waals surface area contributed by atoms with E-state index in [1.807, 2.05) is 25.1 Å². The maximum Gasteiger partial charge on any atom is 0.303 e. The first-order chi connectivity index (χ1) is 10.5. The summed E-state index contributed by atoms with van der Waals surface area (Å²) in [5.41, 5.74) is 1.51. The van der Waals surface area contributed by atoms with Crippen LogP contribution in [-0.2, 0) is 4.79 Å². The van der Waals surface area contributed by atoms with E-state index in [1.54, 1.807) is 0 Å². The van der Waals surface area contributed by atoms with Gasteiger partial charge in [-0.05, 0) is 38.0 Å². The van der Waals surface area contributed by atoms with Gasteiger partial charge in [0, 0.05) is 28.4 Å². The Morgan fingerprint density at radius 3 is 2.77 bits per heavy atom. The molecule has 22 heavy (non-hydrogen) atoms. The summed E-state index contributed by atoms with van der Waals surface area (Å²) in [7, 11) is 0. The van der Waals surface area contributed by atoms with Crippen molar-refractivity contribution in [1.29, 1.82) is 0 Å². The van der Waals surface area contributed by atoms with Crippen molar-refractivity contribution in [3.63, 3.8) is 0 Å². The molecule has 0 aliphatic rings. The summed E-state index contributed by atoms with van der Waals surface area (Å²) in [6.45, 7) is 2.37. The number of aliphatic carboxylic acids is 1. The van der Waals surface area contributed by atoms with E-state index in [9.17, 15) is 9.59 Å². The highest BCUT2D eigenvalue weighted by Gasteiger charge is 2.17. The molecule has 2 rings (SSSR count). The van der Waals surface area contributed by atoms with E-state index in [0.717, 1.165) is 28.3 Å². The largest absolute Gasteiger partial charge is 0.481 e. The van der Waals surface area contributed by atoms with Gasteiger partial charge >= 0.3 is 5.97 Å². The van der Waals surface area contributed by atoms with Crippen molar-refractivity contribution in [2.24, 2.45) is 0 Å². The molecular weight excluding hydrogens is 350 g/mol. The molecule has 0 aliphatic heterocycles. The van der Waals surface area contributed by atoms with Gasteiger partial charge in [0.25, 0.3) is 5.91 Å². The van der Waals surface area contributed by atoms with E-state index in [1.165, 1.54) is 0 Å². The number of carboxylic acids is 1. The van der Waals surface area contributed by atoms with E-state index >= 15 is 0 Å². The number of amides is 1. The fraction of sp³-hybridized carbons (Fsp3) is 0.375. The third-order valence-corrected chi connectivity index (χ3v) is 3.95. The highest BCUT2D eigenvalue weighted by Crippen LogP contribution is 2.27. The van der Waals surface area contributed by atoms with Gasteiger partial charge in [0.05, 0.1) is 0 Å². The first-order valence-electron chi connectivity index (χ1n) is 7.17. The van der Waals surface area contributed by atoms with Gasteiger partial charge < -0.3 is 14.8 Å². The van der Waals surface area contributed by atoms with Gasteiger partial charge in [-0.3, -0.25) is 9.59 Å². The smallest absolute Gasteiger partial charge is 0.303 e. The Kier molecular flexibility index (Phi) is 5.60. The number of carbonyl (C=O) groups excluding carboxylic acids is 1. The number of rotatable bonds is 7. The average molecular weight is 368 g/mol. The summed E-state index contributed by atoms with van der Waals surface area (Å²) < 4.78 is 6.55. The molecule has 0 aliphatic carbocycles. The van der Waals surface area contributed by atoms with Crippen molar-refractivity contribution in [2.45, 2.75) is 32.6 Å². The molecule has 6 heteroatoms. The Bertz CT molecular complexity index is 693. The van der Waals surface area contributed by atoms with Crippen LogP contribution in [0, 0.1) is 6.92 Å². The fourth-order valence-corrected chi connectivity index (χ4v) is 2.63. The first kappa shape index (κ1) is 16.5. The van der Waals surface area contributed by atoms with E-state index in [-0.39, 0.29) is 12.3 Å². The number of carbonyl (C=O) groups is 2. The van der Waals surface area contributed by atoms with Crippen LogP contribution in [0.2, 0.25) is 0 Å². The zero-order valence-electron chi connectivity index (χ0n) is 12.3. The molecule has 0 unspecified atom stereocenters. The van der Waals surface area contributed by atoms with E-state index in [4.69, 9.17) is 9.52 Å². The molecule has 0 fully saturated rings. The molecule has 5 nitrogen and oxygen atoms in total. The molecule has 2 N–H and O–H groups in total. The van der Waals surface area contributed by atoms with Crippen LogP contribution in [0.3, 0.4) is 0 Å². The number of unbranched alkanes of at least 4 members (excludes halogenated alkanes) is 2. The molecule has 1 aromatic heterocycles. The highest BCUT2D eigenvalue weighted by molar-refractivity contribution is 9.10. The molecule has 1 aromatic carbocycles. The van der Waals surface area contributed by atoms with Crippen molar-refractivity contribution in [2.75, 3.05) is 6.54 Å². The molecule has 0 saturated carbocycles. The molecule has 0 saturated heterocycles. The van der Waals surface area contributed by atoms with Gasteiger partial charge in [-0.15, -0.1) is 0 Å². The Balaban J connectivity index is 1.90. The molecule has 118 valence electrons. The molecule has 1 amide bonds. The molecule has 1 heterocycles. The molecule has 0 atom stereocenters. The second kappa shape index (κ2) is 7.45. The van der Waals surface area contributed by atoms with Crippen LogP contribution in [0.1, 0.15) is 41.8 Å². The topological polar surface area (TPSA) is 79.5 Å². The second-order valence-corrected chi connectivity index (χ2v) is 6.07. The van der Waals surface area contributed by atoms with Crippen LogP contribution >= 0.6 is 15.9 Å². The summed E-state index contributed by atoms with van der Waals surface area (Å²) in [5.74, 6) is -0.685. The molecule has 2 aromatic rings. The number of halogens is 1. The lowest BCUT2D eigenvalue weighted by Crippen LogP contribution is -2.24. The van der Waals surface area contributed by atoms with Crippen LogP contribution in [0.25, 0.3) is 11.0 Å². The van der Waals surface area contributed by atoms with Crippen LogP contribution in [0.4, 0.5) is 0 Å². The number of furan rings is 1. The zero-order valence-corrected chi connectivity index (χ0v) is 13.9. The third kappa shape index (κ3) is 4.10. The van der Waals surface area contributed by atoms with Gasteiger partial charge in [-0.25, -0.2) is 0 Å². The number of fused-ring (bicyclic) bond motifs is 1. The van der Waals surface area contributed by atoms with Crippen molar-refractivity contribution < 1.29 is 19.1 Å². The van der Waals surface area contributed by atoms with Crippen molar-refractivity contribution in [1.82, 2.24) is 5.32 Å². The Hall–Kier alpha value is -1.82. The minimum absolute atomic E-state index is 0.172. The zero-order chi connectivity index (χ0) is 16.1. The van der Waals surface area contributed by atoms with Gasteiger partial charge in [0.2, 0.25) is 0 Å². The van der Waals surface area contributed by atoms with E-state index in [2.05, 4.69) is 21.2 Å². The molecular formula is C16H18BrNO4. The lowest BCUT2D eigenvalue weighted by atomic mass is 10.1. The normalized spacial score (nSPS) is 10.8. The summed E-state index contributed by atoms with van der Waals surface area (Å²) >= 11 is 3.40. The minimum atomic E-state index is -0.784. The Morgan fingerprint density at radius 2 is 2.05 bits per heavy atom. The Morgan fingerprint density at radius 1 is 1.27 bits per heavy atom. The number of nitrogens with one attached hydrogen (secondary N) is 1. The fourth-order valence-electron chi connectivity index (χ4n) is 2.27. The quantitative estimate of drug-likeness (QED) is 0.727. The van der Waals surface area contributed by atoms with Crippen molar-refractivity contribution in [3.05, 3.63) is 34.0 Å². The standard InChI is InChI=1S/C16H18BrNO4/c1-10-12-9-11(17)6-7-13(12)22-15(10)16(21)18-8-4-2-3-5-14(19)20/h6-7,9H,2-5,8H2,1H3,(H,18,21)(H,19,20). The minimum Gasteiger partial charge on any atom is -0.481 e. The predicted octanol–water partition coefficient (Wildman–Crippen LogP) is 3.88. The number of carboxylic acid groups (broad SMARTS) is 1. The molecule has 0 spiro atoms. The summed E-state index contributed by atoms with van der Waals surface area (Å²) in [5, 5.41) is 12.3. The van der Waals surface area contributed by atoms with Crippen molar-refractivity contribution in [3.8, 4) is 0 Å². The second-order valence-electron chi connectivity index (χ2n) is 5.16. The number of aryl methyl sites for hydroxylation is 1. The summed E-state index contributed by atoms with van der Waals surface area (Å²) in [6, 6.07) is 5.63. The van der Waals surface area contributed by atoms with E-state index < -0.39 is 5.97 Å². The predicted molar refractivity (Wildman–Crippen MR) is 87.1 cm³/mol. The van der Waals surface area contributed by atoms with Gasteiger partial charge in [-0.2, -0.15) is 0 Å². The van der Waals surface area contributed by atoms with Crippen molar-refractivity contribution >= 4 is 38.8 Å². The SMILES string of the molecule is Cc1c(C(=O)NCCCCCC(=O)O)oc2ccc(Br)cc12. The summed E-state index contributed by atoms with van der Waals surface area (Å²) in [4.78, 5) is 22.5. The first-order valence-corrected chi connectivity index (χ1v) is 7.97. The maximum atomic E-state index is 12.2. The summed E-state index contributed by atoms with van der Waals surface area (Å²) in [6.07, 6.45) is 2.33. The number of hydrogen-bond donors (Lipinski definition) is 2. The lowest BCUT2D eigenvalue weighted by molar-refractivity contribution is -0.137. The van der Waals surface area contributed by atoms with Crippen LogP contribution in [-0.4, -0.2) is 23.5 Å². The van der Waals surface area contributed by atoms with Gasteiger partial charge in [0.1, 0.15) is 5.58 Å². The molecule has 0 bridgehead atoms. The van der Waals surface area contributed by atoms with Crippen LogP contribution in [0.5, 0.6) is 0 Å². The number of benzene rings is 1. The maximum absolute atomic E-state index is 12.2. The third-order valence-electron chi connectivity index (χ3n) is 3.46. The van der Waals surface area contributed by atoms with Crippen LogP contribution in [0.15, 0.2) is 27.1 Å². The average Bonchev–Trinajstić information content (AvgIpc) is 2.79. The van der Waals surface area contributed by atoms with E-state index in [0.29, 0.717) is 24.3 Å². The van der Waals surface area contributed by atoms with Crippen LogP contribution < -0.4 is 5.32 Å². The Labute approximate surface area is 136 Å². The lowest BCUT2D eigenvalue weighted by Gasteiger charge is -2.03. The van der Waals surface area contributed by atoms with Gasteiger partial charge in [0.15, 0.2) is 5.76 Å². The number of hydrogen-bond acceptors (Lipinski definition) is 3.